The zero-order chi connectivity index (χ0) is 13.9. The number of likely N-dealkylation sites (tertiary alicyclic amines) is 1. The van der Waals surface area contributed by atoms with E-state index in [2.05, 4.69) is 35.4 Å². The number of halogens is 2. The van der Waals surface area contributed by atoms with Gasteiger partial charge in [-0.05, 0) is 47.9 Å². The number of fused-ring (bicyclic) bond motifs is 1. The van der Waals surface area contributed by atoms with Crippen LogP contribution in [0.3, 0.4) is 0 Å². The maximum Gasteiger partial charge on any atom is 0.160 e. The summed E-state index contributed by atoms with van der Waals surface area (Å²) in [4.78, 5) is 11.6. The molecule has 3 rings (SSSR count). The topological polar surface area (TPSA) is 34.0 Å². The average Bonchev–Trinajstić information content (AvgIpc) is 2.83. The monoisotopic (exact) mass is 356 g/mol. The minimum Gasteiger partial charge on any atom is -0.310 e. The third-order valence-electron chi connectivity index (χ3n) is 3.84. The highest BCUT2D eigenvalue weighted by molar-refractivity contribution is 9.10. The van der Waals surface area contributed by atoms with E-state index in [9.17, 15) is 0 Å². The number of alkyl halides is 1. The molecule has 20 heavy (non-hydrogen) atoms. The van der Waals surface area contributed by atoms with Crippen molar-refractivity contribution in [3.63, 3.8) is 0 Å². The Labute approximate surface area is 132 Å². The van der Waals surface area contributed by atoms with E-state index in [4.69, 9.17) is 11.6 Å². The Morgan fingerprint density at radius 3 is 2.75 bits per heavy atom. The summed E-state index contributed by atoms with van der Waals surface area (Å²) in [6.45, 7) is 4.38. The van der Waals surface area contributed by atoms with Crippen LogP contribution in [0, 0.1) is 0 Å². The predicted molar refractivity (Wildman–Crippen MR) is 85.1 cm³/mol. The lowest BCUT2D eigenvalue weighted by atomic mass is 10.1. The first kappa shape index (κ1) is 14.3. The summed E-state index contributed by atoms with van der Waals surface area (Å²) in [5.41, 5.74) is 1.84. The second-order valence-corrected chi connectivity index (χ2v) is 6.39. The summed E-state index contributed by atoms with van der Waals surface area (Å²) in [6.07, 6.45) is 5.82. The normalized spacial score (nSPS) is 16.9. The van der Waals surface area contributed by atoms with E-state index >= 15 is 0 Å². The Kier molecular flexibility index (Phi) is 4.58. The van der Waals surface area contributed by atoms with Gasteiger partial charge in [0, 0.05) is 23.8 Å². The second kappa shape index (κ2) is 6.41. The largest absolute Gasteiger partial charge is 0.310 e. The standard InChI is InChI=1S/C14H18BrClN4/c15-11-8-12-14(17-10-11)20(13(9-16)18-12)7-6-19-4-2-1-3-5-19/h8,10H,1-7,9H2. The Morgan fingerprint density at radius 2 is 2.00 bits per heavy atom. The third-order valence-corrected chi connectivity index (χ3v) is 4.51. The summed E-state index contributed by atoms with van der Waals surface area (Å²) in [7, 11) is 0. The summed E-state index contributed by atoms with van der Waals surface area (Å²) in [6, 6.07) is 2.00. The van der Waals surface area contributed by atoms with E-state index in [0.29, 0.717) is 5.88 Å². The van der Waals surface area contributed by atoms with Crippen LogP contribution >= 0.6 is 27.5 Å². The lowest BCUT2D eigenvalue weighted by Crippen LogP contribution is -2.32. The van der Waals surface area contributed by atoms with Crippen molar-refractivity contribution in [1.29, 1.82) is 0 Å². The molecule has 1 aliphatic rings. The molecule has 108 valence electrons. The van der Waals surface area contributed by atoms with Crippen LogP contribution in [0.4, 0.5) is 0 Å². The van der Waals surface area contributed by atoms with Crippen LogP contribution in [-0.4, -0.2) is 39.1 Å². The minimum atomic E-state index is 0.425. The number of hydrogen-bond acceptors (Lipinski definition) is 3. The SMILES string of the molecule is ClCc1nc2cc(Br)cnc2n1CCN1CCCCC1. The van der Waals surface area contributed by atoms with Gasteiger partial charge in [-0.15, -0.1) is 11.6 Å². The average molecular weight is 358 g/mol. The van der Waals surface area contributed by atoms with Gasteiger partial charge in [-0.2, -0.15) is 0 Å². The summed E-state index contributed by atoms with van der Waals surface area (Å²) in [5.74, 6) is 1.33. The van der Waals surface area contributed by atoms with Crippen LogP contribution in [0.1, 0.15) is 25.1 Å². The van der Waals surface area contributed by atoms with Gasteiger partial charge in [0.1, 0.15) is 11.3 Å². The number of aromatic nitrogens is 3. The molecule has 2 aromatic rings. The van der Waals surface area contributed by atoms with Crippen molar-refractivity contribution in [2.75, 3.05) is 19.6 Å². The minimum absolute atomic E-state index is 0.425. The van der Waals surface area contributed by atoms with Gasteiger partial charge < -0.3 is 9.47 Å². The number of nitrogens with zero attached hydrogens (tertiary/aromatic N) is 4. The molecular weight excluding hydrogens is 340 g/mol. The van der Waals surface area contributed by atoms with Crippen LogP contribution in [-0.2, 0) is 12.4 Å². The Hall–Kier alpha value is -0.650. The smallest absolute Gasteiger partial charge is 0.160 e. The summed E-state index contributed by atoms with van der Waals surface area (Å²) >= 11 is 9.47. The van der Waals surface area contributed by atoms with E-state index < -0.39 is 0 Å². The van der Waals surface area contributed by atoms with Crippen molar-refractivity contribution in [3.8, 4) is 0 Å². The van der Waals surface area contributed by atoms with Gasteiger partial charge >= 0.3 is 0 Å². The number of pyridine rings is 1. The first-order valence-electron chi connectivity index (χ1n) is 7.07. The van der Waals surface area contributed by atoms with Crippen molar-refractivity contribution in [3.05, 3.63) is 22.6 Å². The van der Waals surface area contributed by atoms with Gasteiger partial charge in [-0.1, -0.05) is 6.42 Å². The van der Waals surface area contributed by atoms with Crippen molar-refractivity contribution in [2.45, 2.75) is 31.7 Å². The van der Waals surface area contributed by atoms with Crippen molar-refractivity contribution < 1.29 is 0 Å². The first-order valence-corrected chi connectivity index (χ1v) is 8.39. The molecule has 0 amide bonds. The molecule has 0 saturated carbocycles. The fraction of sp³-hybridized carbons (Fsp3) is 0.571. The molecule has 1 aliphatic heterocycles. The van der Waals surface area contributed by atoms with Crippen molar-refractivity contribution in [1.82, 2.24) is 19.4 Å². The molecule has 1 fully saturated rings. The van der Waals surface area contributed by atoms with Gasteiger partial charge in [0.05, 0.1) is 5.88 Å². The Balaban J connectivity index is 1.81. The van der Waals surface area contributed by atoms with E-state index in [1.807, 2.05) is 12.3 Å². The fourth-order valence-electron chi connectivity index (χ4n) is 2.79. The number of imidazole rings is 1. The summed E-state index contributed by atoms with van der Waals surface area (Å²) in [5, 5.41) is 0. The highest BCUT2D eigenvalue weighted by Crippen LogP contribution is 2.20. The highest BCUT2D eigenvalue weighted by atomic mass is 79.9. The van der Waals surface area contributed by atoms with Crippen LogP contribution in [0.15, 0.2) is 16.7 Å². The molecule has 0 bridgehead atoms. The molecule has 0 atom stereocenters. The van der Waals surface area contributed by atoms with E-state index in [1.54, 1.807) is 0 Å². The van der Waals surface area contributed by atoms with E-state index in [1.165, 1.54) is 32.4 Å². The van der Waals surface area contributed by atoms with Gasteiger partial charge in [0.15, 0.2) is 5.65 Å². The molecule has 3 heterocycles. The third kappa shape index (κ3) is 3.00. The van der Waals surface area contributed by atoms with Gasteiger partial charge in [-0.25, -0.2) is 9.97 Å². The molecule has 0 unspecified atom stereocenters. The molecular formula is C14H18BrClN4. The molecule has 1 saturated heterocycles. The molecule has 6 heteroatoms. The molecule has 0 aromatic carbocycles. The quantitative estimate of drug-likeness (QED) is 0.786. The van der Waals surface area contributed by atoms with E-state index in [0.717, 1.165) is 34.6 Å². The van der Waals surface area contributed by atoms with Crippen LogP contribution < -0.4 is 0 Å². The second-order valence-electron chi connectivity index (χ2n) is 5.21. The van der Waals surface area contributed by atoms with Crippen LogP contribution in [0.2, 0.25) is 0 Å². The molecule has 2 aromatic heterocycles. The number of piperidine rings is 1. The van der Waals surface area contributed by atoms with E-state index in [-0.39, 0.29) is 0 Å². The highest BCUT2D eigenvalue weighted by Gasteiger charge is 2.14. The number of rotatable bonds is 4. The lowest BCUT2D eigenvalue weighted by Gasteiger charge is -2.26. The molecule has 0 N–H and O–H groups in total. The van der Waals surface area contributed by atoms with Crippen molar-refractivity contribution >= 4 is 38.7 Å². The maximum atomic E-state index is 6.03. The van der Waals surface area contributed by atoms with Crippen molar-refractivity contribution in [2.24, 2.45) is 0 Å². The zero-order valence-corrected chi connectivity index (χ0v) is 13.7. The molecule has 0 spiro atoms. The fourth-order valence-corrected chi connectivity index (χ4v) is 3.32. The molecule has 0 radical (unpaired) electrons. The van der Waals surface area contributed by atoms with Gasteiger partial charge in [-0.3, -0.25) is 0 Å². The van der Waals surface area contributed by atoms with Gasteiger partial charge in [0.2, 0.25) is 0 Å². The maximum absolute atomic E-state index is 6.03. The zero-order valence-electron chi connectivity index (χ0n) is 11.4. The number of hydrogen-bond donors (Lipinski definition) is 0. The predicted octanol–water partition coefficient (Wildman–Crippen LogP) is 3.42. The Morgan fingerprint density at radius 1 is 1.20 bits per heavy atom. The van der Waals surface area contributed by atoms with Crippen LogP contribution in [0.25, 0.3) is 11.2 Å². The summed E-state index contributed by atoms with van der Waals surface area (Å²) < 4.78 is 3.11. The lowest BCUT2D eigenvalue weighted by molar-refractivity contribution is 0.221. The molecule has 0 aliphatic carbocycles. The first-order chi connectivity index (χ1) is 9.78. The molecule has 4 nitrogen and oxygen atoms in total. The van der Waals surface area contributed by atoms with Gasteiger partial charge in [0.25, 0.3) is 0 Å². The van der Waals surface area contributed by atoms with Crippen LogP contribution in [0.5, 0.6) is 0 Å². The Bertz CT molecular complexity index is 592.